The van der Waals surface area contributed by atoms with Gasteiger partial charge in [-0.1, -0.05) is 50.2 Å². The Kier molecular flexibility index (Phi) is 5.56. The number of nitrogens with two attached hydrogens (primary N) is 1. The molecule has 1 aliphatic heterocycles. The number of aliphatic hydroxyl groups is 1. The third kappa shape index (κ3) is 3.94. The highest BCUT2D eigenvalue weighted by Crippen LogP contribution is 2.51. The summed E-state index contributed by atoms with van der Waals surface area (Å²) in [5.41, 5.74) is 6.73. The van der Waals surface area contributed by atoms with Gasteiger partial charge in [0.15, 0.2) is 0 Å². The van der Waals surface area contributed by atoms with Crippen molar-refractivity contribution in [1.82, 2.24) is 20.0 Å². The molecule has 184 valence electrons. The minimum atomic E-state index is -1.26. The molecule has 0 radical (unpaired) electrons. The number of nitrogens with zero attached hydrogens (tertiary/aromatic N) is 4. The molecule has 3 aromatic rings. The van der Waals surface area contributed by atoms with Gasteiger partial charge in [-0.2, -0.15) is 4.98 Å². The molecule has 1 saturated carbocycles. The lowest BCUT2D eigenvalue weighted by Crippen LogP contribution is -2.63. The van der Waals surface area contributed by atoms with Crippen LogP contribution in [0.1, 0.15) is 62.1 Å². The molecule has 1 saturated heterocycles. The first-order chi connectivity index (χ1) is 16.6. The molecule has 35 heavy (non-hydrogen) atoms. The number of likely N-dealkylation sites (tertiary alicyclic amines) is 1. The van der Waals surface area contributed by atoms with Crippen LogP contribution in [0.4, 0.5) is 0 Å². The zero-order valence-corrected chi connectivity index (χ0v) is 20.8. The number of hydrogen-bond donors (Lipinski definition) is 2. The van der Waals surface area contributed by atoms with Gasteiger partial charge in [0.2, 0.25) is 17.6 Å². The Hall–Kier alpha value is -3.10. The molecule has 0 bridgehead atoms. The fourth-order valence-electron chi connectivity index (χ4n) is 5.50. The highest BCUT2D eigenvalue weighted by molar-refractivity contribution is 5.83. The van der Waals surface area contributed by atoms with E-state index < -0.39 is 16.4 Å². The number of benzene rings is 1. The molecule has 2 aromatic heterocycles. The van der Waals surface area contributed by atoms with E-state index in [2.05, 4.69) is 60.0 Å². The molecule has 3 N–H and O–H groups in total. The van der Waals surface area contributed by atoms with Gasteiger partial charge < -0.3 is 20.3 Å². The predicted molar refractivity (Wildman–Crippen MR) is 131 cm³/mol. The Labute approximate surface area is 205 Å². The lowest BCUT2D eigenvalue weighted by atomic mass is 9.62. The van der Waals surface area contributed by atoms with E-state index in [4.69, 9.17) is 10.3 Å². The number of carbonyl (C=O) groups excluding carboxylic acids is 1. The van der Waals surface area contributed by atoms with E-state index in [1.54, 1.807) is 12.4 Å². The van der Waals surface area contributed by atoms with Crippen molar-refractivity contribution >= 4 is 5.91 Å². The normalized spacial score (nSPS) is 20.3. The molecule has 8 heteroatoms. The first-order valence-corrected chi connectivity index (χ1v) is 12.2. The average Bonchev–Trinajstić information content (AvgIpc) is 3.46. The summed E-state index contributed by atoms with van der Waals surface area (Å²) in [4.78, 5) is 22.9. The molecule has 3 heterocycles. The minimum absolute atomic E-state index is 0.326. The van der Waals surface area contributed by atoms with Gasteiger partial charge in [0.25, 0.3) is 0 Å². The van der Waals surface area contributed by atoms with Crippen molar-refractivity contribution in [2.75, 3.05) is 20.1 Å². The van der Waals surface area contributed by atoms with Gasteiger partial charge in [-0.25, -0.2) is 0 Å². The summed E-state index contributed by atoms with van der Waals surface area (Å²) in [6.07, 6.45) is 5.21. The lowest BCUT2D eigenvalue weighted by Gasteiger charge is -2.55. The fourth-order valence-corrected chi connectivity index (χ4v) is 5.50. The number of primary amides is 1. The van der Waals surface area contributed by atoms with Crippen molar-refractivity contribution < 1.29 is 14.4 Å². The van der Waals surface area contributed by atoms with Crippen molar-refractivity contribution in [2.24, 2.45) is 16.6 Å². The molecule has 0 spiro atoms. The van der Waals surface area contributed by atoms with Crippen LogP contribution in [0.3, 0.4) is 0 Å². The Balaban J connectivity index is 1.51. The van der Waals surface area contributed by atoms with Crippen molar-refractivity contribution in [3.8, 4) is 11.4 Å². The zero-order valence-electron chi connectivity index (χ0n) is 20.8. The first kappa shape index (κ1) is 23.6. The van der Waals surface area contributed by atoms with Gasteiger partial charge in [0, 0.05) is 48.4 Å². The molecule has 8 nitrogen and oxygen atoms in total. The molecule has 2 fully saturated rings. The maximum atomic E-state index is 12.4. The summed E-state index contributed by atoms with van der Waals surface area (Å²) in [7, 11) is 2.05. The van der Waals surface area contributed by atoms with Crippen LogP contribution in [-0.2, 0) is 16.8 Å². The van der Waals surface area contributed by atoms with Gasteiger partial charge >= 0.3 is 0 Å². The molecular weight excluding hydrogens is 442 g/mol. The van der Waals surface area contributed by atoms with Crippen LogP contribution >= 0.6 is 0 Å². The van der Waals surface area contributed by atoms with Gasteiger partial charge in [-0.15, -0.1) is 0 Å². The van der Waals surface area contributed by atoms with E-state index in [9.17, 15) is 9.90 Å². The smallest absolute Gasteiger partial charge is 0.228 e. The third-order valence-corrected chi connectivity index (χ3v) is 7.85. The number of pyridine rings is 1. The van der Waals surface area contributed by atoms with Crippen LogP contribution < -0.4 is 5.73 Å². The Morgan fingerprint density at radius 2 is 1.89 bits per heavy atom. The van der Waals surface area contributed by atoms with Crippen molar-refractivity contribution in [3.63, 3.8) is 0 Å². The van der Waals surface area contributed by atoms with Gasteiger partial charge in [-0.3, -0.25) is 9.78 Å². The molecule has 1 aromatic carbocycles. The van der Waals surface area contributed by atoms with Crippen LogP contribution in [-0.4, -0.2) is 51.2 Å². The van der Waals surface area contributed by atoms with Crippen LogP contribution in [0.5, 0.6) is 0 Å². The van der Waals surface area contributed by atoms with E-state index in [0.717, 1.165) is 31.5 Å². The molecule has 2 aliphatic rings. The van der Waals surface area contributed by atoms with E-state index >= 15 is 0 Å². The maximum Gasteiger partial charge on any atom is 0.228 e. The highest BCUT2D eigenvalue weighted by Gasteiger charge is 2.55. The maximum absolute atomic E-state index is 12.4. The summed E-state index contributed by atoms with van der Waals surface area (Å²) in [5, 5.41) is 16.5. The number of hydrogen-bond acceptors (Lipinski definition) is 7. The van der Waals surface area contributed by atoms with Gasteiger partial charge in [0.05, 0.1) is 5.41 Å². The largest absolute Gasteiger partial charge is 0.380 e. The third-order valence-electron chi connectivity index (χ3n) is 7.85. The summed E-state index contributed by atoms with van der Waals surface area (Å²) in [6.45, 7) is 7.93. The zero-order chi connectivity index (χ0) is 25.0. The molecule has 1 aliphatic carbocycles. The first-order valence-electron chi connectivity index (χ1n) is 12.2. The summed E-state index contributed by atoms with van der Waals surface area (Å²) < 4.78 is 5.44. The van der Waals surface area contributed by atoms with Crippen molar-refractivity contribution in [1.29, 1.82) is 0 Å². The van der Waals surface area contributed by atoms with Crippen molar-refractivity contribution in [3.05, 3.63) is 65.3 Å². The summed E-state index contributed by atoms with van der Waals surface area (Å²) in [5.74, 6) is 0.842. The quantitative estimate of drug-likeness (QED) is 0.513. The van der Waals surface area contributed by atoms with E-state index in [-0.39, 0.29) is 5.91 Å². The number of carbonyl (C=O) groups is 1. The Bertz CT molecular complexity index is 1240. The van der Waals surface area contributed by atoms with E-state index in [1.165, 1.54) is 5.56 Å². The number of amides is 1. The standard InChI is InChI=1S/C27H33N5O3/c1-17(2)18-5-7-20(8-6-18)27(34,25(3)15-32(4)16-25)21-11-19(13-29-14-21)23-30-22(35-31-23)12-26(9-10-26)24(28)33/h5-8,11,13-14,17,34H,9-10,12,15-16H2,1-4H3,(H2,28,33)/t27-/m0/s1. The van der Waals surface area contributed by atoms with Gasteiger partial charge in [-0.05, 0) is 43.0 Å². The summed E-state index contributed by atoms with van der Waals surface area (Å²) >= 11 is 0. The topological polar surface area (TPSA) is 118 Å². The monoisotopic (exact) mass is 475 g/mol. The van der Waals surface area contributed by atoms with Crippen molar-refractivity contribution in [2.45, 2.75) is 51.6 Å². The fraction of sp³-hybridized carbons (Fsp3) is 0.481. The Morgan fingerprint density at radius 1 is 1.20 bits per heavy atom. The predicted octanol–water partition coefficient (Wildman–Crippen LogP) is 3.25. The van der Waals surface area contributed by atoms with Crippen LogP contribution in [0.15, 0.2) is 47.2 Å². The summed E-state index contributed by atoms with van der Waals surface area (Å²) in [6, 6.07) is 10.1. The molecule has 0 unspecified atom stereocenters. The highest BCUT2D eigenvalue weighted by atomic mass is 16.5. The number of aromatic nitrogens is 3. The lowest BCUT2D eigenvalue weighted by molar-refractivity contribution is -0.127. The molecule has 1 atom stereocenters. The average molecular weight is 476 g/mol. The minimum Gasteiger partial charge on any atom is -0.380 e. The van der Waals surface area contributed by atoms with Crippen LogP contribution in [0.25, 0.3) is 11.4 Å². The second kappa shape index (κ2) is 8.24. The SMILES string of the molecule is CC(C)c1ccc([C@](O)(c2cncc(-c3noc(CC4(C(N)=O)CC4)n3)c2)C2(C)CN(C)C2)cc1. The van der Waals surface area contributed by atoms with Crippen LogP contribution in [0.2, 0.25) is 0 Å². The van der Waals surface area contributed by atoms with E-state index in [0.29, 0.717) is 35.2 Å². The van der Waals surface area contributed by atoms with E-state index in [1.807, 2.05) is 18.2 Å². The van der Waals surface area contributed by atoms with Gasteiger partial charge in [0.1, 0.15) is 5.60 Å². The Morgan fingerprint density at radius 3 is 2.46 bits per heavy atom. The second-order valence-corrected chi connectivity index (χ2v) is 11.0. The molecule has 5 rings (SSSR count). The molecular formula is C27H33N5O3. The molecule has 1 amide bonds. The second-order valence-electron chi connectivity index (χ2n) is 11.0. The van der Waals surface area contributed by atoms with Crippen LogP contribution in [0, 0.1) is 10.8 Å². The number of rotatable bonds is 8.